The minimum atomic E-state index is -4.36. The molecule has 4 aromatic rings. The third-order valence-corrected chi connectivity index (χ3v) is 5.25. The highest BCUT2D eigenvalue weighted by Crippen LogP contribution is 2.31. The van der Waals surface area contributed by atoms with E-state index < -0.39 is 11.7 Å². The number of carbonyl (C=O) groups excluding carboxylic acids is 1. The highest BCUT2D eigenvalue weighted by molar-refractivity contribution is 6.04. The second-order valence-electron chi connectivity index (χ2n) is 7.43. The smallest absolute Gasteiger partial charge is 0.307 e. The number of halogens is 3. The monoisotopic (exact) mass is 420 g/mol. The molecule has 0 aliphatic carbocycles. The molecule has 4 rings (SSSR count). The van der Waals surface area contributed by atoms with Crippen LogP contribution in [0, 0.1) is 13.8 Å². The number of anilines is 1. The van der Waals surface area contributed by atoms with Gasteiger partial charge in [0.05, 0.1) is 11.1 Å². The number of aromatic nitrogens is 1. The van der Waals surface area contributed by atoms with E-state index in [2.05, 4.69) is 10.3 Å². The number of amides is 1. The van der Waals surface area contributed by atoms with Crippen molar-refractivity contribution >= 4 is 22.6 Å². The molecule has 156 valence electrons. The third-order valence-electron chi connectivity index (χ3n) is 5.25. The van der Waals surface area contributed by atoms with Crippen molar-refractivity contribution in [2.75, 3.05) is 5.32 Å². The molecule has 0 bridgehead atoms. The summed E-state index contributed by atoms with van der Waals surface area (Å²) in [4.78, 5) is 17.0. The van der Waals surface area contributed by atoms with Gasteiger partial charge in [-0.2, -0.15) is 13.2 Å². The van der Waals surface area contributed by atoms with Gasteiger partial charge >= 0.3 is 6.18 Å². The summed E-state index contributed by atoms with van der Waals surface area (Å²) in [6.07, 6.45) is -4.36. The highest BCUT2D eigenvalue weighted by Gasteiger charge is 2.29. The van der Waals surface area contributed by atoms with Crippen molar-refractivity contribution < 1.29 is 18.0 Å². The Hall–Kier alpha value is -3.67. The molecule has 6 heteroatoms. The molecule has 3 nitrogen and oxygen atoms in total. The number of nitrogens with zero attached hydrogens (tertiary/aromatic N) is 1. The molecular formula is C25H19F3N2O. The van der Waals surface area contributed by atoms with E-state index in [1.54, 1.807) is 24.3 Å². The van der Waals surface area contributed by atoms with Gasteiger partial charge in [0.1, 0.15) is 5.82 Å². The summed E-state index contributed by atoms with van der Waals surface area (Å²) in [5, 5.41) is 3.63. The number of aryl methyl sites for hydroxylation is 2. The summed E-state index contributed by atoms with van der Waals surface area (Å²) in [5.74, 6) is 0.189. The van der Waals surface area contributed by atoms with Gasteiger partial charge in [0.2, 0.25) is 0 Å². The number of hydrogen-bond donors (Lipinski definition) is 1. The van der Waals surface area contributed by atoms with Gasteiger partial charge in [-0.3, -0.25) is 4.79 Å². The van der Waals surface area contributed by atoms with Gasteiger partial charge in [-0.15, -0.1) is 0 Å². The number of benzene rings is 3. The van der Waals surface area contributed by atoms with E-state index in [0.717, 1.165) is 34.2 Å². The maximum Gasteiger partial charge on any atom is 0.416 e. The lowest BCUT2D eigenvalue weighted by Gasteiger charge is -2.10. The van der Waals surface area contributed by atoms with E-state index in [-0.39, 0.29) is 5.91 Å². The Labute approximate surface area is 177 Å². The van der Waals surface area contributed by atoms with Gasteiger partial charge < -0.3 is 5.32 Å². The van der Waals surface area contributed by atoms with Gasteiger partial charge in [0.15, 0.2) is 0 Å². The minimum Gasteiger partial charge on any atom is -0.307 e. The summed E-state index contributed by atoms with van der Waals surface area (Å²) in [6, 6.07) is 19.5. The zero-order chi connectivity index (χ0) is 22.2. The van der Waals surface area contributed by atoms with Crippen LogP contribution in [0.2, 0.25) is 0 Å². The summed E-state index contributed by atoms with van der Waals surface area (Å²) in [6.45, 7) is 3.94. The first kappa shape index (κ1) is 20.6. The Balaban J connectivity index is 1.56. The van der Waals surface area contributed by atoms with E-state index in [0.29, 0.717) is 22.5 Å². The fourth-order valence-corrected chi connectivity index (χ4v) is 3.30. The second-order valence-corrected chi connectivity index (χ2v) is 7.43. The normalized spacial score (nSPS) is 11.5. The topological polar surface area (TPSA) is 42.0 Å². The molecule has 1 N–H and O–H groups in total. The van der Waals surface area contributed by atoms with Gasteiger partial charge in [-0.05, 0) is 84.6 Å². The van der Waals surface area contributed by atoms with Crippen molar-refractivity contribution in [3.8, 4) is 11.1 Å². The fraction of sp³-hybridized carbons (Fsp3) is 0.120. The molecule has 0 unspecified atom stereocenters. The predicted molar refractivity (Wildman–Crippen MR) is 116 cm³/mol. The van der Waals surface area contributed by atoms with E-state index in [9.17, 15) is 18.0 Å². The second kappa shape index (κ2) is 7.87. The van der Waals surface area contributed by atoms with Crippen LogP contribution in [0.4, 0.5) is 19.0 Å². The number of rotatable bonds is 3. The maximum absolute atomic E-state index is 12.8. The van der Waals surface area contributed by atoms with Crippen molar-refractivity contribution in [3.05, 3.63) is 95.1 Å². The molecule has 0 saturated heterocycles. The molecule has 0 fully saturated rings. The van der Waals surface area contributed by atoms with Crippen LogP contribution in [0.5, 0.6) is 0 Å². The summed E-state index contributed by atoms with van der Waals surface area (Å²) in [5.41, 5.74) is 4.18. The van der Waals surface area contributed by atoms with Crippen molar-refractivity contribution in [1.29, 1.82) is 0 Å². The number of fused-ring (bicyclic) bond motifs is 1. The Morgan fingerprint density at radius 2 is 1.52 bits per heavy atom. The van der Waals surface area contributed by atoms with Crippen LogP contribution < -0.4 is 5.32 Å². The lowest BCUT2D eigenvalue weighted by molar-refractivity contribution is -0.137. The van der Waals surface area contributed by atoms with Crippen LogP contribution in [0.15, 0.2) is 72.8 Å². The fourth-order valence-electron chi connectivity index (χ4n) is 3.30. The first-order chi connectivity index (χ1) is 14.7. The van der Waals surface area contributed by atoms with Crippen LogP contribution in [0.1, 0.15) is 27.0 Å². The molecule has 0 atom stereocenters. The molecular weight excluding hydrogens is 401 g/mol. The SMILES string of the molecule is Cc1ccc(C(=O)Nc2ccc3cc(-c4ccc(C(F)(F)F)cc4)ccc3n2)cc1C. The molecule has 0 aliphatic heterocycles. The largest absolute Gasteiger partial charge is 0.416 e. The van der Waals surface area contributed by atoms with E-state index in [1.807, 2.05) is 38.1 Å². The molecule has 1 aromatic heterocycles. The van der Waals surface area contributed by atoms with Crippen LogP contribution in [0.3, 0.4) is 0 Å². The minimum absolute atomic E-state index is 0.240. The first-order valence-electron chi connectivity index (χ1n) is 9.68. The van der Waals surface area contributed by atoms with Crippen LogP contribution in [0.25, 0.3) is 22.0 Å². The number of carbonyl (C=O) groups is 1. The van der Waals surface area contributed by atoms with Crippen molar-refractivity contribution in [3.63, 3.8) is 0 Å². The van der Waals surface area contributed by atoms with Gasteiger partial charge in [-0.1, -0.05) is 24.3 Å². The molecule has 0 saturated carbocycles. The van der Waals surface area contributed by atoms with Crippen molar-refractivity contribution in [2.45, 2.75) is 20.0 Å². The van der Waals surface area contributed by atoms with Crippen LogP contribution in [-0.4, -0.2) is 10.9 Å². The third kappa shape index (κ3) is 4.43. The maximum atomic E-state index is 12.8. The van der Waals surface area contributed by atoms with E-state index >= 15 is 0 Å². The number of alkyl halides is 3. The Kier molecular flexibility index (Phi) is 5.23. The molecule has 31 heavy (non-hydrogen) atoms. The Bertz CT molecular complexity index is 1280. The van der Waals surface area contributed by atoms with Gasteiger partial charge in [0, 0.05) is 10.9 Å². The van der Waals surface area contributed by atoms with Gasteiger partial charge in [-0.25, -0.2) is 4.98 Å². The summed E-state index contributed by atoms with van der Waals surface area (Å²) in [7, 11) is 0. The lowest BCUT2D eigenvalue weighted by Crippen LogP contribution is -2.13. The van der Waals surface area contributed by atoms with E-state index in [1.165, 1.54) is 12.1 Å². The zero-order valence-electron chi connectivity index (χ0n) is 16.9. The first-order valence-corrected chi connectivity index (χ1v) is 9.68. The average molecular weight is 420 g/mol. The quantitative estimate of drug-likeness (QED) is 0.396. The molecule has 1 heterocycles. The number of nitrogens with one attached hydrogen (secondary N) is 1. The summed E-state index contributed by atoms with van der Waals surface area (Å²) >= 11 is 0. The molecule has 0 radical (unpaired) electrons. The van der Waals surface area contributed by atoms with Crippen molar-refractivity contribution in [2.24, 2.45) is 0 Å². The Morgan fingerprint density at radius 3 is 2.19 bits per heavy atom. The predicted octanol–water partition coefficient (Wildman–Crippen LogP) is 6.79. The lowest BCUT2D eigenvalue weighted by atomic mass is 10.0. The van der Waals surface area contributed by atoms with Crippen molar-refractivity contribution in [1.82, 2.24) is 4.98 Å². The Morgan fingerprint density at radius 1 is 0.806 bits per heavy atom. The molecule has 0 aliphatic rings. The number of pyridine rings is 1. The van der Waals surface area contributed by atoms with E-state index in [4.69, 9.17) is 0 Å². The van der Waals surface area contributed by atoms with Crippen LogP contribution in [-0.2, 0) is 6.18 Å². The van der Waals surface area contributed by atoms with Crippen LogP contribution >= 0.6 is 0 Å². The average Bonchev–Trinajstić information content (AvgIpc) is 2.74. The standard InChI is InChI=1S/C25H19F3N2O/c1-15-3-4-20(13-16(15)2)24(31)30-23-12-8-19-14-18(7-11-22(19)29-23)17-5-9-21(10-6-17)25(26,27)28/h3-14H,1-2H3,(H,29,30,31). The summed E-state index contributed by atoms with van der Waals surface area (Å²) < 4.78 is 38.3. The zero-order valence-corrected chi connectivity index (χ0v) is 16.9. The molecule has 0 spiro atoms. The molecule has 1 amide bonds. The highest BCUT2D eigenvalue weighted by atomic mass is 19.4. The molecule has 3 aromatic carbocycles. The number of hydrogen-bond acceptors (Lipinski definition) is 2. The van der Waals surface area contributed by atoms with Gasteiger partial charge in [0.25, 0.3) is 5.91 Å².